The van der Waals surface area contributed by atoms with E-state index >= 15 is 0 Å². The first-order chi connectivity index (χ1) is 12.2. The smallest absolute Gasteiger partial charge is 0.268 e. The van der Waals surface area contributed by atoms with Crippen LogP contribution in [0.25, 0.3) is 22.3 Å². The highest BCUT2D eigenvalue weighted by atomic mass is 16.2. The summed E-state index contributed by atoms with van der Waals surface area (Å²) in [5.41, 5.74) is 3.58. The normalized spacial score (nSPS) is 16.4. The molecule has 0 unspecified atom stereocenters. The van der Waals surface area contributed by atoms with Gasteiger partial charge in [0.05, 0.1) is 16.9 Å². The third-order valence-electron chi connectivity index (χ3n) is 5.29. The molecule has 0 aliphatic carbocycles. The highest BCUT2D eigenvalue weighted by Crippen LogP contribution is 2.33. The molecule has 0 amide bonds. The second-order valence-corrected chi connectivity index (χ2v) is 6.62. The van der Waals surface area contributed by atoms with Gasteiger partial charge in [-0.15, -0.1) is 0 Å². The summed E-state index contributed by atoms with van der Waals surface area (Å²) in [6.07, 6.45) is 1.72. The van der Waals surface area contributed by atoms with Gasteiger partial charge in [-0.3, -0.25) is 14.2 Å². The van der Waals surface area contributed by atoms with Crippen molar-refractivity contribution in [3.8, 4) is 11.4 Å². The van der Waals surface area contributed by atoms with Crippen LogP contribution in [0.2, 0.25) is 0 Å². The van der Waals surface area contributed by atoms with Gasteiger partial charge in [0, 0.05) is 50.5 Å². The molecule has 0 bridgehead atoms. The Morgan fingerprint density at radius 1 is 1.08 bits per heavy atom. The van der Waals surface area contributed by atoms with E-state index in [4.69, 9.17) is 0 Å². The second-order valence-electron chi connectivity index (χ2n) is 6.62. The van der Waals surface area contributed by atoms with Gasteiger partial charge >= 0.3 is 0 Å². The first kappa shape index (κ1) is 14.5. The van der Waals surface area contributed by atoms with Gasteiger partial charge in [-0.25, -0.2) is 0 Å². The number of rotatable bonds is 1. The highest BCUT2D eigenvalue weighted by Gasteiger charge is 2.32. The van der Waals surface area contributed by atoms with Crippen LogP contribution < -0.4 is 15.6 Å². The van der Waals surface area contributed by atoms with Crippen LogP contribution in [0, 0.1) is 0 Å². The maximum atomic E-state index is 13.0. The Bertz CT molecular complexity index is 1090. The van der Waals surface area contributed by atoms with Crippen molar-refractivity contribution in [3.63, 3.8) is 0 Å². The lowest BCUT2D eigenvalue weighted by atomic mass is 10.1. The summed E-state index contributed by atoms with van der Waals surface area (Å²) in [5, 5.41) is 3.95. The molecule has 2 aliphatic rings. The van der Waals surface area contributed by atoms with E-state index in [0.29, 0.717) is 11.1 Å². The molecule has 25 heavy (non-hydrogen) atoms. The summed E-state index contributed by atoms with van der Waals surface area (Å²) in [6, 6.07) is 9.63. The van der Waals surface area contributed by atoms with Crippen LogP contribution in [0.4, 0.5) is 5.69 Å². The van der Waals surface area contributed by atoms with Crippen molar-refractivity contribution in [2.75, 3.05) is 31.1 Å². The molecule has 1 fully saturated rings. The average Bonchev–Trinajstić information content (AvgIpc) is 3.22. The fraction of sp³-hybridized carbons (Fsp3) is 0.263. The molecular weight excluding hydrogens is 316 g/mol. The Kier molecular flexibility index (Phi) is 2.93. The van der Waals surface area contributed by atoms with Gasteiger partial charge in [0.15, 0.2) is 0 Å². The molecule has 3 aromatic rings. The van der Waals surface area contributed by atoms with Crippen molar-refractivity contribution in [2.45, 2.75) is 0 Å². The van der Waals surface area contributed by atoms with Crippen molar-refractivity contribution < 1.29 is 4.79 Å². The number of carbonyl (C=O) groups is 1. The third-order valence-corrected chi connectivity index (χ3v) is 5.29. The number of piperazine rings is 1. The van der Waals surface area contributed by atoms with Crippen LogP contribution in [0.3, 0.4) is 0 Å². The van der Waals surface area contributed by atoms with E-state index in [9.17, 15) is 9.59 Å². The molecule has 4 heterocycles. The van der Waals surface area contributed by atoms with Crippen molar-refractivity contribution in [3.05, 3.63) is 52.3 Å². The molecule has 2 aliphatic heterocycles. The zero-order valence-electron chi connectivity index (χ0n) is 14.0. The summed E-state index contributed by atoms with van der Waals surface area (Å²) in [6.45, 7) is 3.82. The Morgan fingerprint density at radius 3 is 2.68 bits per heavy atom. The van der Waals surface area contributed by atoms with E-state index in [2.05, 4.69) is 16.3 Å². The van der Waals surface area contributed by atoms with Gasteiger partial charge in [0.25, 0.3) is 5.91 Å². The maximum Gasteiger partial charge on any atom is 0.268 e. The number of anilines is 1. The van der Waals surface area contributed by atoms with E-state index in [1.165, 1.54) is 0 Å². The number of hydrogen-bond acceptors (Lipinski definition) is 4. The molecule has 1 aromatic carbocycles. The van der Waals surface area contributed by atoms with E-state index in [1.54, 1.807) is 10.8 Å². The first-order valence-electron chi connectivity index (χ1n) is 8.51. The lowest BCUT2D eigenvalue weighted by Crippen LogP contribution is -2.43. The number of nitrogens with zero attached hydrogens (tertiary/aromatic N) is 3. The minimum Gasteiger partial charge on any atom is -0.369 e. The number of pyridine rings is 1. The first-order valence-corrected chi connectivity index (χ1v) is 8.51. The Hall–Kier alpha value is -2.86. The van der Waals surface area contributed by atoms with Crippen molar-refractivity contribution in [1.82, 2.24) is 14.5 Å². The van der Waals surface area contributed by atoms with Crippen LogP contribution in [-0.2, 0) is 7.05 Å². The van der Waals surface area contributed by atoms with Crippen LogP contribution in [-0.4, -0.2) is 41.2 Å². The molecule has 2 aromatic heterocycles. The van der Waals surface area contributed by atoms with Crippen LogP contribution in [0.1, 0.15) is 10.4 Å². The van der Waals surface area contributed by atoms with Gasteiger partial charge in [0.1, 0.15) is 5.56 Å². The molecule has 6 heteroatoms. The van der Waals surface area contributed by atoms with Gasteiger partial charge in [-0.1, -0.05) is 0 Å². The zero-order valence-corrected chi connectivity index (χ0v) is 14.0. The second kappa shape index (κ2) is 5.07. The Labute approximate surface area is 144 Å². The maximum absolute atomic E-state index is 13.0. The van der Waals surface area contributed by atoms with Gasteiger partial charge < -0.3 is 14.8 Å². The number of fused-ring (bicyclic) bond motifs is 4. The number of carbonyl (C=O) groups excluding carboxylic acids is 1. The highest BCUT2D eigenvalue weighted by molar-refractivity contribution is 6.10. The van der Waals surface area contributed by atoms with Gasteiger partial charge in [0.2, 0.25) is 5.43 Å². The Balaban J connectivity index is 1.78. The fourth-order valence-corrected chi connectivity index (χ4v) is 4.01. The number of aromatic nitrogens is 2. The fourth-order valence-electron chi connectivity index (χ4n) is 4.01. The quantitative estimate of drug-likeness (QED) is 0.572. The topological polar surface area (TPSA) is 59.3 Å². The van der Waals surface area contributed by atoms with Crippen LogP contribution in [0.15, 0.2) is 41.3 Å². The lowest BCUT2D eigenvalue weighted by molar-refractivity contribution is 0.0968. The predicted octanol–water partition coefficient (Wildman–Crippen LogP) is 1.42. The molecule has 6 nitrogen and oxygen atoms in total. The molecule has 1 saturated heterocycles. The van der Waals surface area contributed by atoms with Crippen molar-refractivity contribution in [2.24, 2.45) is 7.05 Å². The Morgan fingerprint density at radius 2 is 1.88 bits per heavy atom. The number of benzene rings is 1. The molecule has 126 valence electrons. The molecule has 0 atom stereocenters. The van der Waals surface area contributed by atoms with E-state index in [-0.39, 0.29) is 16.9 Å². The van der Waals surface area contributed by atoms with Gasteiger partial charge in [-0.2, -0.15) is 0 Å². The molecule has 0 radical (unpaired) electrons. The van der Waals surface area contributed by atoms with E-state index in [0.717, 1.165) is 43.1 Å². The number of nitrogens with one attached hydrogen (secondary N) is 1. The van der Waals surface area contributed by atoms with Gasteiger partial charge in [-0.05, 0) is 30.3 Å². The molecule has 0 spiro atoms. The standard InChI is InChI=1S/C19H18N4O2/c1-21-15-11-12(22-9-6-20-7-10-22)4-5-13(15)18(24)16-17(21)14-3-2-8-23(14)19(16)25/h2-5,8,11,20H,6-7,9-10H2,1H3. The molecule has 0 saturated carbocycles. The van der Waals surface area contributed by atoms with Crippen LogP contribution >= 0.6 is 0 Å². The van der Waals surface area contributed by atoms with E-state index in [1.807, 2.05) is 35.9 Å². The molecule has 1 N–H and O–H groups in total. The monoisotopic (exact) mass is 334 g/mol. The number of aryl methyl sites for hydroxylation is 1. The average molecular weight is 334 g/mol. The zero-order chi connectivity index (χ0) is 17.1. The lowest BCUT2D eigenvalue weighted by Gasteiger charge is -2.29. The summed E-state index contributed by atoms with van der Waals surface area (Å²) in [5.74, 6) is -0.233. The summed E-state index contributed by atoms with van der Waals surface area (Å²) >= 11 is 0. The van der Waals surface area contributed by atoms with E-state index < -0.39 is 0 Å². The van der Waals surface area contributed by atoms with Crippen molar-refractivity contribution >= 4 is 22.5 Å². The molecular formula is C19H18N4O2. The predicted molar refractivity (Wildman–Crippen MR) is 97.4 cm³/mol. The summed E-state index contributed by atoms with van der Waals surface area (Å²) < 4.78 is 3.54. The number of hydrogen-bond donors (Lipinski definition) is 1. The summed E-state index contributed by atoms with van der Waals surface area (Å²) in [7, 11) is 1.93. The summed E-state index contributed by atoms with van der Waals surface area (Å²) in [4.78, 5) is 27.9. The largest absolute Gasteiger partial charge is 0.369 e. The minimum atomic E-state index is -0.233. The minimum absolute atomic E-state index is 0.177. The SMILES string of the molecule is Cn1c2c(c(=O)c3ccc(N4CCNCC4)cc31)C(=O)n1cccc1-2. The van der Waals surface area contributed by atoms with Crippen molar-refractivity contribution in [1.29, 1.82) is 0 Å². The third kappa shape index (κ3) is 1.88. The van der Waals surface area contributed by atoms with Crippen LogP contribution in [0.5, 0.6) is 0 Å². The molecule has 5 rings (SSSR count).